The van der Waals surface area contributed by atoms with E-state index in [1.54, 1.807) is 12.1 Å². The molecule has 1 aromatic rings. The highest BCUT2D eigenvalue weighted by molar-refractivity contribution is 9.10. The molecule has 0 aliphatic carbocycles. The van der Waals surface area contributed by atoms with E-state index in [9.17, 15) is 14.7 Å². The van der Waals surface area contributed by atoms with Gasteiger partial charge < -0.3 is 15.2 Å². The van der Waals surface area contributed by atoms with Crippen molar-refractivity contribution in [1.29, 1.82) is 0 Å². The highest BCUT2D eigenvalue weighted by atomic mass is 79.9. The minimum absolute atomic E-state index is 0.0126. The molecule has 1 atom stereocenters. The number of imide groups is 1. The molecule has 1 heterocycles. The number of nitrogens with one attached hydrogen (secondary N) is 1. The van der Waals surface area contributed by atoms with Crippen molar-refractivity contribution in [2.75, 3.05) is 19.7 Å². The third kappa shape index (κ3) is 3.68. The summed E-state index contributed by atoms with van der Waals surface area (Å²) in [5, 5.41) is 12.1. The number of benzene rings is 1. The number of aliphatic hydroxyl groups is 1. The molecule has 1 aliphatic heterocycles. The number of urea groups is 1. The van der Waals surface area contributed by atoms with E-state index in [2.05, 4.69) is 21.2 Å². The first-order valence-electron chi connectivity index (χ1n) is 5.71. The Balaban J connectivity index is 1.81. The lowest BCUT2D eigenvalue weighted by Crippen LogP contribution is -2.39. The predicted molar refractivity (Wildman–Crippen MR) is 70.8 cm³/mol. The minimum Gasteiger partial charge on any atom is -0.491 e. The number of halogens is 1. The lowest BCUT2D eigenvalue weighted by atomic mass is 10.3. The van der Waals surface area contributed by atoms with Gasteiger partial charge in [-0.1, -0.05) is 15.9 Å². The average molecular weight is 329 g/mol. The van der Waals surface area contributed by atoms with Gasteiger partial charge in [0.25, 0.3) is 0 Å². The number of β-amino-alcohol motifs (C(OH)–C–C–N with tert-alkyl or cyclic N) is 1. The molecule has 102 valence electrons. The summed E-state index contributed by atoms with van der Waals surface area (Å²) in [6, 6.07) is 6.67. The quantitative estimate of drug-likeness (QED) is 0.781. The van der Waals surface area contributed by atoms with Gasteiger partial charge in [0.15, 0.2) is 0 Å². The summed E-state index contributed by atoms with van der Waals surface area (Å²) >= 11 is 3.30. The number of carbonyl (C=O) groups is 2. The average Bonchev–Trinajstić information content (AvgIpc) is 2.70. The van der Waals surface area contributed by atoms with Crippen molar-refractivity contribution in [2.24, 2.45) is 0 Å². The second-order valence-corrected chi connectivity index (χ2v) is 5.00. The normalized spacial score (nSPS) is 16.4. The molecular formula is C12H13BrN2O4. The Kier molecular flexibility index (Phi) is 4.39. The zero-order valence-electron chi connectivity index (χ0n) is 10.0. The van der Waals surface area contributed by atoms with Gasteiger partial charge in [-0.2, -0.15) is 0 Å². The molecule has 6 nitrogen and oxygen atoms in total. The van der Waals surface area contributed by atoms with Crippen molar-refractivity contribution >= 4 is 27.9 Å². The van der Waals surface area contributed by atoms with Crippen LogP contribution in [0.25, 0.3) is 0 Å². The third-order valence-electron chi connectivity index (χ3n) is 2.59. The van der Waals surface area contributed by atoms with Crippen LogP contribution in [0.15, 0.2) is 28.7 Å². The van der Waals surface area contributed by atoms with Crippen molar-refractivity contribution in [2.45, 2.75) is 6.10 Å². The van der Waals surface area contributed by atoms with Crippen molar-refractivity contribution in [3.05, 3.63) is 28.7 Å². The molecule has 2 N–H and O–H groups in total. The standard InChI is InChI=1S/C12H13BrN2O4/c13-8-1-3-10(4-2-8)19-7-9(16)6-15-11(17)5-14-12(15)18/h1-4,9,16H,5-7H2,(H,14,18)/t9-/m0/s1. The second kappa shape index (κ2) is 6.03. The maximum Gasteiger partial charge on any atom is 0.324 e. The molecule has 1 aromatic carbocycles. The van der Waals surface area contributed by atoms with Crippen LogP contribution in [-0.4, -0.2) is 47.7 Å². The summed E-state index contributed by atoms with van der Waals surface area (Å²) in [5.41, 5.74) is 0. The van der Waals surface area contributed by atoms with E-state index in [0.29, 0.717) is 5.75 Å². The fourth-order valence-electron chi connectivity index (χ4n) is 1.63. The summed E-state index contributed by atoms with van der Waals surface area (Å²) in [7, 11) is 0. The number of amides is 3. The van der Waals surface area contributed by atoms with E-state index in [1.165, 1.54) is 0 Å². The van der Waals surface area contributed by atoms with Crippen molar-refractivity contribution in [3.63, 3.8) is 0 Å². The Morgan fingerprint density at radius 2 is 2.05 bits per heavy atom. The van der Waals surface area contributed by atoms with Crippen LogP contribution in [-0.2, 0) is 4.79 Å². The van der Waals surface area contributed by atoms with Gasteiger partial charge >= 0.3 is 6.03 Å². The highest BCUT2D eigenvalue weighted by Gasteiger charge is 2.30. The Hall–Kier alpha value is -1.60. The molecular weight excluding hydrogens is 316 g/mol. The Bertz CT molecular complexity index is 461. The van der Waals surface area contributed by atoms with E-state index >= 15 is 0 Å². The monoisotopic (exact) mass is 328 g/mol. The molecule has 0 spiro atoms. The number of ether oxygens (including phenoxy) is 1. The molecule has 7 heteroatoms. The van der Waals surface area contributed by atoms with Crippen LogP contribution in [0.4, 0.5) is 4.79 Å². The van der Waals surface area contributed by atoms with E-state index in [0.717, 1.165) is 9.37 Å². The van der Waals surface area contributed by atoms with Crippen LogP contribution in [0.5, 0.6) is 5.75 Å². The predicted octanol–water partition coefficient (Wildman–Crippen LogP) is 0.741. The Morgan fingerprint density at radius 3 is 2.63 bits per heavy atom. The van der Waals surface area contributed by atoms with Crippen LogP contribution in [0, 0.1) is 0 Å². The zero-order chi connectivity index (χ0) is 13.8. The Labute approximate surface area is 118 Å². The van der Waals surface area contributed by atoms with Crippen molar-refractivity contribution in [3.8, 4) is 5.75 Å². The van der Waals surface area contributed by atoms with Crippen molar-refractivity contribution < 1.29 is 19.4 Å². The first kappa shape index (κ1) is 13.8. The van der Waals surface area contributed by atoms with Gasteiger partial charge in [-0.05, 0) is 24.3 Å². The second-order valence-electron chi connectivity index (χ2n) is 4.08. The molecule has 3 amide bonds. The van der Waals surface area contributed by atoms with E-state index < -0.39 is 12.1 Å². The number of aliphatic hydroxyl groups excluding tert-OH is 1. The van der Waals surface area contributed by atoms with Crippen LogP contribution in [0.3, 0.4) is 0 Å². The summed E-state index contributed by atoms with van der Waals surface area (Å²) in [6.07, 6.45) is -0.920. The molecule has 0 radical (unpaired) electrons. The Morgan fingerprint density at radius 1 is 1.37 bits per heavy atom. The van der Waals surface area contributed by atoms with E-state index in [4.69, 9.17) is 4.74 Å². The summed E-state index contributed by atoms with van der Waals surface area (Å²) in [4.78, 5) is 23.6. The molecule has 1 aliphatic rings. The molecule has 0 unspecified atom stereocenters. The van der Waals surface area contributed by atoms with Crippen molar-refractivity contribution in [1.82, 2.24) is 10.2 Å². The number of hydrogen-bond donors (Lipinski definition) is 2. The smallest absolute Gasteiger partial charge is 0.324 e. The van der Waals surface area contributed by atoms with Gasteiger partial charge in [0.05, 0.1) is 13.1 Å². The zero-order valence-corrected chi connectivity index (χ0v) is 11.6. The molecule has 0 saturated carbocycles. The van der Waals surface area contributed by atoms with Crippen LogP contribution in [0.1, 0.15) is 0 Å². The maximum absolute atomic E-state index is 11.3. The highest BCUT2D eigenvalue weighted by Crippen LogP contribution is 2.16. The van der Waals surface area contributed by atoms with Gasteiger partial charge in [-0.15, -0.1) is 0 Å². The molecule has 2 rings (SSSR count). The topological polar surface area (TPSA) is 78.9 Å². The molecule has 0 aromatic heterocycles. The molecule has 1 saturated heterocycles. The van der Waals surface area contributed by atoms with Crippen LogP contribution in [0.2, 0.25) is 0 Å². The summed E-state index contributed by atoms with van der Waals surface area (Å²) in [6.45, 7) is -0.0704. The van der Waals surface area contributed by atoms with Gasteiger partial charge in [0, 0.05) is 4.47 Å². The van der Waals surface area contributed by atoms with Crippen LogP contribution >= 0.6 is 15.9 Å². The van der Waals surface area contributed by atoms with E-state index in [1.807, 2.05) is 12.1 Å². The lowest BCUT2D eigenvalue weighted by Gasteiger charge is -2.17. The lowest BCUT2D eigenvalue weighted by molar-refractivity contribution is -0.126. The van der Waals surface area contributed by atoms with Gasteiger partial charge in [0.2, 0.25) is 5.91 Å². The van der Waals surface area contributed by atoms with Gasteiger partial charge in [0.1, 0.15) is 18.5 Å². The number of nitrogens with zero attached hydrogens (tertiary/aromatic N) is 1. The molecule has 0 bridgehead atoms. The minimum atomic E-state index is -0.920. The molecule has 1 fully saturated rings. The first-order chi connectivity index (χ1) is 9.06. The summed E-state index contributed by atoms with van der Waals surface area (Å²) < 4.78 is 6.29. The fraction of sp³-hybridized carbons (Fsp3) is 0.333. The summed E-state index contributed by atoms with van der Waals surface area (Å²) in [5.74, 6) is 0.271. The molecule has 19 heavy (non-hydrogen) atoms. The van der Waals surface area contributed by atoms with Gasteiger partial charge in [-0.25, -0.2) is 4.79 Å². The number of rotatable bonds is 5. The first-order valence-corrected chi connectivity index (χ1v) is 6.50. The van der Waals surface area contributed by atoms with Crippen LogP contribution < -0.4 is 10.1 Å². The van der Waals surface area contributed by atoms with Gasteiger partial charge in [-0.3, -0.25) is 9.69 Å². The maximum atomic E-state index is 11.3. The SMILES string of the molecule is O=C1CNC(=O)N1C[C@H](O)COc1ccc(Br)cc1. The fourth-order valence-corrected chi connectivity index (χ4v) is 1.89. The van der Waals surface area contributed by atoms with E-state index in [-0.39, 0.29) is 25.6 Å². The third-order valence-corrected chi connectivity index (χ3v) is 3.12. The number of carbonyl (C=O) groups excluding carboxylic acids is 2. The largest absolute Gasteiger partial charge is 0.491 e. The number of hydrogen-bond acceptors (Lipinski definition) is 4.